The second-order valence-electron chi connectivity index (χ2n) is 7.96. The van der Waals surface area contributed by atoms with Crippen LogP contribution in [0.15, 0.2) is 82.6 Å². The van der Waals surface area contributed by atoms with E-state index >= 15 is 0 Å². The highest BCUT2D eigenvalue weighted by Gasteiger charge is 2.40. The predicted molar refractivity (Wildman–Crippen MR) is 129 cm³/mol. The third kappa shape index (κ3) is 4.53. The SMILES string of the molecule is NS(=O)(=O)c1ccc(N2C(=O)CC(Sc3ccc(NC4OC(=O)c5ccccc54)cc3)C2=O)cc1. The zero-order valence-corrected chi connectivity index (χ0v) is 19.7. The fourth-order valence-electron chi connectivity index (χ4n) is 3.95. The number of carbonyl (C=O) groups excluding carboxylic acids is 3. The lowest BCUT2D eigenvalue weighted by Crippen LogP contribution is -2.31. The van der Waals surface area contributed by atoms with E-state index in [1.807, 2.05) is 36.4 Å². The van der Waals surface area contributed by atoms with E-state index in [0.717, 1.165) is 21.0 Å². The van der Waals surface area contributed by atoms with Crippen molar-refractivity contribution in [1.82, 2.24) is 0 Å². The molecule has 0 radical (unpaired) electrons. The number of ether oxygens (including phenoxy) is 1. The zero-order valence-electron chi connectivity index (χ0n) is 18.1. The second kappa shape index (κ2) is 8.84. The Bertz CT molecular complexity index is 1440. The second-order valence-corrected chi connectivity index (χ2v) is 10.8. The average molecular weight is 510 g/mol. The Morgan fingerprint density at radius 1 is 0.943 bits per heavy atom. The van der Waals surface area contributed by atoms with Gasteiger partial charge in [-0.1, -0.05) is 18.2 Å². The summed E-state index contributed by atoms with van der Waals surface area (Å²) in [5, 5.41) is 7.67. The Morgan fingerprint density at radius 3 is 2.31 bits per heavy atom. The first-order valence-electron chi connectivity index (χ1n) is 10.5. The molecule has 3 aromatic carbocycles. The number of sulfonamides is 1. The van der Waals surface area contributed by atoms with Crippen LogP contribution in [0.3, 0.4) is 0 Å². The summed E-state index contributed by atoms with van der Waals surface area (Å²) in [4.78, 5) is 39.2. The Morgan fingerprint density at radius 2 is 1.63 bits per heavy atom. The molecule has 2 atom stereocenters. The van der Waals surface area contributed by atoms with Crippen molar-refractivity contribution in [2.45, 2.75) is 27.7 Å². The number of amides is 2. The van der Waals surface area contributed by atoms with Gasteiger partial charge in [-0.2, -0.15) is 0 Å². The third-order valence-corrected chi connectivity index (χ3v) is 7.77. The average Bonchev–Trinajstić information content (AvgIpc) is 3.29. The predicted octanol–water partition coefficient (Wildman–Crippen LogP) is 3.04. The summed E-state index contributed by atoms with van der Waals surface area (Å²) in [7, 11) is -3.87. The van der Waals surface area contributed by atoms with Crippen LogP contribution >= 0.6 is 11.8 Å². The first-order valence-corrected chi connectivity index (χ1v) is 13.0. The quantitative estimate of drug-likeness (QED) is 0.382. The van der Waals surface area contributed by atoms with Gasteiger partial charge < -0.3 is 10.1 Å². The van der Waals surface area contributed by atoms with Gasteiger partial charge in [0, 0.05) is 22.6 Å². The van der Waals surface area contributed by atoms with E-state index < -0.39 is 21.5 Å². The first-order chi connectivity index (χ1) is 16.7. The lowest BCUT2D eigenvalue weighted by molar-refractivity contribution is -0.121. The van der Waals surface area contributed by atoms with Crippen molar-refractivity contribution < 1.29 is 27.5 Å². The van der Waals surface area contributed by atoms with E-state index in [2.05, 4.69) is 5.32 Å². The van der Waals surface area contributed by atoms with Gasteiger partial charge in [0.15, 0.2) is 0 Å². The van der Waals surface area contributed by atoms with Gasteiger partial charge in [-0.3, -0.25) is 9.59 Å². The van der Waals surface area contributed by atoms with Crippen LogP contribution in [0.4, 0.5) is 11.4 Å². The largest absolute Gasteiger partial charge is 0.434 e. The Kier molecular flexibility index (Phi) is 5.83. The third-order valence-electron chi connectivity index (χ3n) is 5.65. The fourth-order valence-corrected chi connectivity index (χ4v) is 5.52. The molecule has 0 bridgehead atoms. The number of hydrogen-bond donors (Lipinski definition) is 2. The molecule has 0 spiro atoms. The van der Waals surface area contributed by atoms with E-state index in [1.165, 1.54) is 36.0 Å². The van der Waals surface area contributed by atoms with Gasteiger partial charge in [0.2, 0.25) is 28.1 Å². The van der Waals surface area contributed by atoms with Crippen molar-refractivity contribution in [2.24, 2.45) is 5.14 Å². The molecule has 35 heavy (non-hydrogen) atoms. The summed E-state index contributed by atoms with van der Waals surface area (Å²) in [6, 6.07) is 19.7. The molecular formula is C24H19N3O6S2. The number of nitrogens with zero attached hydrogens (tertiary/aromatic N) is 1. The van der Waals surface area contributed by atoms with Crippen LogP contribution < -0.4 is 15.4 Å². The molecular weight excluding hydrogens is 490 g/mol. The number of nitrogens with two attached hydrogens (primary N) is 1. The molecule has 1 fully saturated rings. The van der Waals surface area contributed by atoms with Crippen LogP contribution in [0.1, 0.15) is 28.6 Å². The van der Waals surface area contributed by atoms with Crippen molar-refractivity contribution in [3.63, 3.8) is 0 Å². The minimum atomic E-state index is -3.87. The van der Waals surface area contributed by atoms with Crippen molar-refractivity contribution in [3.05, 3.63) is 83.9 Å². The topological polar surface area (TPSA) is 136 Å². The number of primary sulfonamides is 1. The van der Waals surface area contributed by atoms with Crippen molar-refractivity contribution in [3.8, 4) is 0 Å². The van der Waals surface area contributed by atoms with E-state index in [4.69, 9.17) is 9.88 Å². The van der Waals surface area contributed by atoms with E-state index in [9.17, 15) is 22.8 Å². The smallest absolute Gasteiger partial charge is 0.340 e. The van der Waals surface area contributed by atoms with Crippen LogP contribution in [0.25, 0.3) is 0 Å². The number of thioether (sulfide) groups is 1. The highest BCUT2D eigenvalue weighted by atomic mass is 32.2. The number of esters is 1. The minimum Gasteiger partial charge on any atom is -0.434 e. The minimum absolute atomic E-state index is 0.0231. The standard InChI is InChI=1S/C24H19N3O6S2/c25-35(31,32)17-11-7-15(8-12-17)27-21(28)13-20(23(27)29)34-16-9-5-14(6-10-16)26-22-18-3-1-2-4-19(18)24(30)33-22/h1-12,20,22,26H,13H2,(H2,25,31,32). The zero-order chi connectivity index (χ0) is 24.7. The molecule has 9 nitrogen and oxygen atoms in total. The number of rotatable bonds is 6. The molecule has 2 unspecified atom stereocenters. The van der Waals surface area contributed by atoms with Crippen LogP contribution in [-0.4, -0.2) is 31.5 Å². The van der Waals surface area contributed by atoms with E-state index in [1.54, 1.807) is 12.1 Å². The molecule has 178 valence electrons. The van der Waals surface area contributed by atoms with Crippen LogP contribution in [0, 0.1) is 0 Å². The molecule has 2 heterocycles. The maximum absolute atomic E-state index is 12.9. The summed E-state index contributed by atoms with van der Waals surface area (Å²) in [6.45, 7) is 0. The molecule has 3 aromatic rings. The number of imide groups is 1. The molecule has 2 aliphatic rings. The van der Waals surface area contributed by atoms with Crippen LogP contribution in [0.5, 0.6) is 0 Å². The Hall–Kier alpha value is -3.67. The van der Waals surface area contributed by atoms with Crippen molar-refractivity contribution in [1.29, 1.82) is 0 Å². The van der Waals surface area contributed by atoms with Gasteiger partial charge in [-0.15, -0.1) is 11.8 Å². The van der Waals surface area contributed by atoms with E-state index in [-0.39, 0.29) is 29.1 Å². The van der Waals surface area contributed by atoms with Crippen molar-refractivity contribution >= 4 is 50.9 Å². The first kappa shape index (κ1) is 23.1. The number of carbonyl (C=O) groups is 3. The number of anilines is 2. The Labute approximate surface area is 205 Å². The summed E-state index contributed by atoms with van der Waals surface area (Å²) in [6.07, 6.45) is -0.560. The van der Waals surface area contributed by atoms with Crippen LogP contribution in [-0.2, 0) is 24.3 Å². The van der Waals surface area contributed by atoms with Crippen molar-refractivity contribution in [2.75, 3.05) is 10.2 Å². The van der Waals surface area contributed by atoms with Gasteiger partial charge in [0.25, 0.3) is 0 Å². The molecule has 0 aromatic heterocycles. The Balaban J connectivity index is 1.25. The molecule has 2 aliphatic heterocycles. The van der Waals surface area contributed by atoms with Crippen LogP contribution in [0.2, 0.25) is 0 Å². The maximum Gasteiger partial charge on any atom is 0.340 e. The fraction of sp³-hybridized carbons (Fsp3) is 0.125. The lowest BCUT2D eigenvalue weighted by Gasteiger charge is -2.16. The maximum atomic E-state index is 12.9. The summed E-state index contributed by atoms with van der Waals surface area (Å²) < 4.78 is 28.3. The summed E-state index contributed by atoms with van der Waals surface area (Å²) >= 11 is 1.27. The van der Waals surface area contributed by atoms with Gasteiger partial charge in [-0.05, 0) is 54.6 Å². The molecule has 0 aliphatic carbocycles. The van der Waals surface area contributed by atoms with Gasteiger partial charge in [0.05, 0.1) is 21.4 Å². The molecule has 3 N–H and O–H groups in total. The molecule has 1 saturated heterocycles. The highest BCUT2D eigenvalue weighted by molar-refractivity contribution is 8.00. The lowest BCUT2D eigenvalue weighted by atomic mass is 10.1. The summed E-state index contributed by atoms with van der Waals surface area (Å²) in [5.74, 6) is -1.12. The van der Waals surface area contributed by atoms with Gasteiger partial charge in [-0.25, -0.2) is 23.3 Å². The number of fused-ring (bicyclic) bond motifs is 1. The van der Waals surface area contributed by atoms with Gasteiger partial charge in [0.1, 0.15) is 0 Å². The number of nitrogens with one attached hydrogen (secondary N) is 1. The molecule has 0 saturated carbocycles. The molecule has 5 rings (SSSR count). The number of cyclic esters (lactones) is 1. The van der Waals surface area contributed by atoms with E-state index in [0.29, 0.717) is 11.3 Å². The normalized spacial score (nSPS) is 19.6. The highest BCUT2D eigenvalue weighted by Crippen LogP contribution is 2.36. The number of benzene rings is 3. The van der Waals surface area contributed by atoms with Gasteiger partial charge >= 0.3 is 5.97 Å². The molecule has 2 amide bonds. The summed E-state index contributed by atoms with van der Waals surface area (Å²) in [5.41, 5.74) is 2.32. The monoisotopic (exact) mass is 509 g/mol. The number of hydrogen-bond acceptors (Lipinski definition) is 8. The molecule has 11 heteroatoms.